The average molecular weight is 540 g/mol. The van der Waals surface area contributed by atoms with Crippen LogP contribution in [0.4, 0.5) is 4.79 Å². The number of aromatic nitrogens is 1. The van der Waals surface area contributed by atoms with E-state index in [1.54, 1.807) is 11.3 Å². The molecule has 0 unspecified atom stereocenters. The molecular weight excluding hydrogens is 501 g/mol. The Morgan fingerprint density at radius 2 is 1.90 bits per heavy atom. The smallest absolute Gasteiger partial charge is 0.408 e. The molecule has 7 nitrogen and oxygen atoms in total. The van der Waals surface area contributed by atoms with Crippen LogP contribution in [-0.4, -0.2) is 47.8 Å². The number of nitrogens with one attached hydrogen (secondary N) is 3. The summed E-state index contributed by atoms with van der Waals surface area (Å²) in [5.41, 5.74) is 0.0762. The average Bonchev–Trinajstić information content (AvgIpc) is 2.95. The largest absolute Gasteiger partial charge is 0.444 e. The van der Waals surface area contributed by atoms with E-state index in [4.69, 9.17) is 4.74 Å². The van der Waals surface area contributed by atoms with Gasteiger partial charge >= 0.3 is 6.09 Å². The second-order valence-electron chi connectivity index (χ2n) is 8.47. The van der Waals surface area contributed by atoms with Crippen LogP contribution in [0.1, 0.15) is 65.1 Å². The van der Waals surface area contributed by atoms with Crippen LogP contribution in [-0.2, 0) is 11.2 Å². The Bertz CT molecular complexity index is 641. The Balaban J connectivity index is 0.00000784. The second-order valence-corrected chi connectivity index (χ2v) is 9.42. The molecule has 0 aliphatic carbocycles. The van der Waals surface area contributed by atoms with Crippen molar-refractivity contribution in [1.82, 2.24) is 20.9 Å². The molecule has 9 heteroatoms. The predicted octanol–water partition coefficient (Wildman–Crippen LogP) is 4.25. The molecule has 0 bridgehead atoms. The van der Waals surface area contributed by atoms with Crippen LogP contribution in [0.5, 0.6) is 0 Å². The first-order chi connectivity index (χ1) is 13.0. The normalized spacial score (nSPS) is 12.2. The summed E-state index contributed by atoms with van der Waals surface area (Å²) < 4.78 is 5.32. The number of hydrogen-bond donors (Lipinski definition) is 3. The van der Waals surface area contributed by atoms with Gasteiger partial charge in [0.25, 0.3) is 0 Å². The lowest BCUT2D eigenvalue weighted by Gasteiger charge is -2.27. The van der Waals surface area contributed by atoms with E-state index in [2.05, 4.69) is 31.3 Å². The molecule has 1 aromatic rings. The molecule has 1 amide bonds. The molecule has 0 radical (unpaired) electrons. The van der Waals surface area contributed by atoms with Crippen molar-refractivity contribution in [2.45, 2.75) is 78.9 Å². The van der Waals surface area contributed by atoms with Crippen molar-refractivity contribution in [3.05, 3.63) is 16.1 Å². The molecule has 0 atom stereocenters. The number of carbonyl (C=O) groups is 1. The van der Waals surface area contributed by atoms with Crippen LogP contribution in [0.2, 0.25) is 0 Å². The molecule has 0 aromatic carbocycles. The Kier molecular flexibility index (Phi) is 12.7. The summed E-state index contributed by atoms with van der Waals surface area (Å²) in [6, 6.07) is 0. The van der Waals surface area contributed by atoms with E-state index in [-0.39, 0.29) is 24.0 Å². The van der Waals surface area contributed by atoms with Gasteiger partial charge in [0.2, 0.25) is 0 Å². The van der Waals surface area contributed by atoms with Crippen molar-refractivity contribution >= 4 is 47.4 Å². The monoisotopic (exact) mass is 539 g/mol. The molecule has 0 saturated heterocycles. The number of rotatable bonds is 9. The quantitative estimate of drug-likeness (QED) is 0.189. The number of ether oxygens (including phenoxy) is 1. The SMILES string of the molecule is CCNC(=NCC(C)(C)NC(=O)OC(C)(C)C)NCCCCc1nc(C)cs1.I. The topological polar surface area (TPSA) is 87.6 Å². The number of carbonyl (C=O) groups excluding carboxylic acids is 1. The maximum absolute atomic E-state index is 12.0. The summed E-state index contributed by atoms with van der Waals surface area (Å²) in [6.45, 7) is 15.5. The number of hydrogen-bond acceptors (Lipinski definition) is 5. The van der Waals surface area contributed by atoms with E-state index in [9.17, 15) is 4.79 Å². The number of unbranched alkanes of at least 4 members (excludes halogenated alkanes) is 1. The first-order valence-corrected chi connectivity index (χ1v) is 10.8. The van der Waals surface area contributed by atoms with Gasteiger partial charge in [-0.3, -0.25) is 4.99 Å². The highest BCUT2D eigenvalue weighted by atomic mass is 127. The van der Waals surface area contributed by atoms with Crippen LogP contribution in [0.25, 0.3) is 0 Å². The first-order valence-electron chi connectivity index (χ1n) is 9.95. The minimum Gasteiger partial charge on any atom is -0.444 e. The number of aryl methyl sites for hydroxylation is 2. The Morgan fingerprint density at radius 1 is 1.21 bits per heavy atom. The van der Waals surface area contributed by atoms with Gasteiger partial charge in [0, 0.05) is 24.2 Å². The molecule has 168 valence electrons. The molecule has 29 heavy (non-hydrogen) atoms. The van der Waals surface area contributed by atoms with Crippen LogP contribution >= 0.6 is 35.3 Å². The van der Waals surface area contributed by atoms with E-state index in [1.807, 2.05) is 48.5 Å². The highest BCUT2D eigenvalue weighted by Gasteiger charge is 2.24. The minimum absolute atomic E-state index is 0. The standard InChI is InChI=1S/C20H37N5O2S.HI/c1-8-21-17(22-12-10-9-11-16-24-15(2)13-28-16)23-14-20(6,7)25-18(26)27-19(3,4)5;/h13H,8-12,14H2,1-7H3,(H,25,26)(H2,21,22,23);1H. The Labute approximate surface area is 196 Å². The molecule has 1 aromatic heterocycles. The third-order valence-electron chi connectivity index (χ3n) is 3.59. The van der Waals surface area contributed by atoms with Gasteiger partial charge in [0.05, 0.1) is 17.1 Å². The number of halogens is 1. The summed E-state index contributed by atoms with van der Waals surface area (Å²) in [7, 11) is 0. The summed E-state index contributed by atoms with van der Waals surface area (Å²) in [6.07, 6.45) is 2.72. The Morgan fingerprint density at radius 3 is 2.45 bits per heavy atom. The number of thiazole rings is 1. The molecule has 0 saturated carbocycles. The van der Waals surface area contributed by atoms with Gasteiger partial charge in [-0.2, -0.15) is 0 Å². The molecule has 0 spiro atoms. The van der Waals surface area contributed by atoms with E-state index in [0.717, 1.165) is 44.0 Å². The van der Waals surface area contributed by atoms with E-state index >= 15 is 0 Å². The zero-order chi connectivity index (χ0) is 21.2. The van der Waals surface area contributed by atoms with E-state index in [1.165, 1.54) is 5.01 Å². The summed E-state index contributed by atoms with van der Waals surface area (Å²) in [5, 5.41) is 12.8. The number of guanidine groups is 1. The molecule has 0 aliphatic rings. The predicted molar refractivity (Wildman–Crippen MR) is 133 cm³/mol. The zero-order valence-corrected chi connectivity index (χ0v) is 22.0. The van der Waals surface area contributed by atoms with Crippen LogP contribution in [0.15, 0.2) is 10.4 Å². The molecule has 1 heterocycles. The third-order valence-corrected chi connectivity index (χ3v) is 4.62. The fourth-order valence-corrected chi connectivity index (χ4v) is 3.18. The van der Waals surface area contributed by atoms with E-state index < -0.39 is 17.2 Å². The number of aliphatic imine (C=N–C) groups is 1. The maximum Gasteiger partial charge on any atom is 0.408 e. The molecular formula is C20H38IN5O2S. The molecule has 0 aliphatic heterocycles. The van der Waals surface area contributed by atoms with Crippen LogP contribution < -0.4 is 16.0 Å². The van der Waals surface area contributed by atoms with Gasteiger partial charge in [0.1, 0.15) is 5.60 Å². The summed E-state index contributed by atoms with van der Waals surface area (Å²) in [4.78, 5) is 21.1. The lowest BCUT2D eigenvalue weighted by atomic mass is 10.1. The van der Waals surface area contributed by atoms with Crippen molar-refractivity contribution < 1.29 is 9.53 Å². The van der Waals surface area contributed by atoms with Crippen LogP contribution in [0.3, 0.4) is 0 Å². The summed E-state index contributed by atoms with van der Waals surface area (Å²) in [5.74, 6) is 0.756. The fraction of sp³-hybridized carbons (Fsp3) is 0.750. The van der Waals surface area contributed by atoms with Crippen molar-refractivity contribution in [3.8, 4) is 0 Å². The van der Waals surface area contributed by atoms with Gasteiger partial charge in [-0.1, -0.05) is 0 Å². The second kappa shape index (κ2) is 13.3. The Hall–Kier alpha value is -1.10. The highest BCUT2D eigenvalue weighted by Crippen LogP contribution is 2.12. The van der Waals surface area contributed by atoms with Gasteiger partial charge in [-0.25, -0.2) is 9.78 Å². The van der Waals surface area contributed by atoms with Crippen molar-refractivity contribution in [2.75, 3.05) is 19.6 Å². The van der Waals surface area contributed by atoms with Gasteiger partial charge in [-0.15, -0.1) is 35.3 Å². The molecule has 3 N–H and O–H groups in total. The zero-order valence-electron chi connectivity index (χ0n) is 18.8. The van der Waals surface area contributed by atoms with Crippen molar-refractivity contribution in [3.63, 3.8) is 0 Å². The molecule has 1 rings (SSSR count). The number of alkyl carbamates (subject to hydrolysis) is 1. The lowest BCUT2D eigenvalue weighted by molar-refractivity contribution is 0.0476. The van der Waals surface area contributed by atoms with Gasteiger partial charge in [0.15, 0.2) is 5.96 Å². The summed E-state index contributed by atoms with van der Waals surface area (Å²) >= 11 is 1.73. The van der Waals surface area contributed by atoms with Gasteiger partial charge in [-0.05, 0) is 67.7 Å². The minimum atomic E-state index is -0.517. The highest BCUT2D eigenvalue weighted by molar-refractivity contribution is 14.0. The fourth-order valence-electron chi connectivity index (χ4n) is 2.36. The number of nitrogens with zero attached hydrogens (tertiary/aromatic N) is 2. The van der Waals surface area contributed by atoms with Crippen LogP contribution in [0, 0.1) is 6.92 Å². The van der Waals surface area contributed by atoms with Crippen molar-refractivity contribution in [2.24, 2.45) is 4.99 Å². The van der Waals surface area contributed by atoms with E-state index in [0.29, 0.717) is 6.54 Å². The number of amides is 1. The van der Waals surface area contributed by atoms with Gasteiger partial charge < -0.3 is 20.7 Å². The lowest BCUT2D eigenvalue weighted by Crippen LogP contribution is -2.49. The first kappa shape index (κ1) is 27.9. The third kappa shape index (κ3) is 13.7. The maximum atomic E-state index is 12.0. The van der Waals surface area contributed by atoms with Crippen molar-refractivity contribution in [1.29, 1.82) is 0 Å². The molecule has 0 fully saturated rings.